The third kappa shape index (κ3) is 3.31. The van der Waals surface area contributed by atoms with Gasteiger partial charge in [0, 0.05) is 30.9 Å². The minimum Gasteiger partial charge on any atom is -0.365 e. The number of aryl methyl sites for hydroxylation is 2. The molecular formula is C21H19ClN4. The van der Waals surface area contributed by atoms with Crippen LogP contribution in [0.5, 0.6) is 0 Å². The third-order valence-electron chi connectivity index (χ3n) is 4.91. The quantitative estimate of drug-likeness (QED) is 0.698. The van der Waals surface area contributed by atoms with Gasteiger partial charge in [-0.05, 0) is 30.2 Å². The van der Waals surface area contributed by atoms with Gasteiger partial charge < -0.3 is 9.47 Å². The normalized spacial score (nSPS) is 13.3. The first-order valence-corrected chi connectivity index (χ1v) is 9.14. The van der Waals surface area contributed by atoms with E-state index in [1.54, 1.807) is 6.07 Å². The van der Waals surface area contributed by atoms with Gasteiger partial charge in [0.05, 0.1) is 29.2 Å². The van der Waals surface area contributed by atoms with Crippen LogP contribution in [0.2, 0.25) is 5.02 Å². The van der Waals surface area contributed by atoms with Gasteiger partial charge in [-0.2, -0.15) is 5.26 Å². The van der Waals surface area contributed by atoms with E-state index in [1.165, 1.54) is 11.3 Å². The first kappa shape index (κ1) is 16.7. The van der Waals surface area contributed by atoms with Crippen LogP contribution in [0.15, 0.2) is 54.9 Å². The fourth-order valence-electron chi connectivity index (χ4n) is 3.47. The summed E-state index contributed by atoms with van der Waals surface area (Å²) >= 11 is 6.18. The minimum absolute atomic E-state index is 0.504. The highest BCUT2D eigenvalue weighted by Crippen LogP contribution is 2.27. The van der Waals surface area contributed by atoms with Crippen molar-refractivity contribution in [2.45, 2.75) is 25.9 Å². The van der Waals surface area contributed by atoms with Crippen LogP contribution < -0.4 is 4.90 Å². The lowest BCUT2D eigenvalue weighted by molar-refractivity contribution is 0.625. The van der Waals surface area contributed by atoms with Crippen LogP contribution in [0, 0.1) is 11.3 Å². The second-order valence-corrected chi connectivity index (χ2v) is 6.92. The summed E-state index contributed by atoms with van der Waals surface area (Å²) in [4.78, 5) is 6.90. The number of benzene rings is 2. The molecule has 0 saturated heterocycles. The number of rotatable bonds is 4. The maximum absolute atomic E-state index is 9.02. The predicted octanol–water partition coefficient (Wildman–Crippen LogP) is 4.21. The van der Waals surface area contributed by atoms with Crippen LogP contribution >= 0.6 is 11.6 Å². The van der Waals surface area contributed by atoms with Crippen molar-refractivity contribution in [1.29, 1.82) is 5.26 Å². The van der Waals surface area contributed by atoms with Crippen LogP contribution in [-0.4, -0.2) is 16.1 Å². The van der Waals surface area contributed by atoms with Crippen molar-refractivity contribution in [2.24, 2.45) is 0 Å². The van der Waals surface area contributed by atoms with Crippen LogP contribution in [0.4, 0.5) is 5.69 Å². The SMILES string of the molecule is N#Cc1ccc(N2CCc3c(ncn3CCc3ccccc3)C2)cc1Cl. The van der Waals surface area contributed by atoms with Gasteiger partial charge in [-0.1, -0.05) is 41.9 Å². The molecule has 3 aromatic rings. The second-order valence-electron chi connectivity index (χ2n) is 6.51. The van der Waals surface area contributed by atoms with E-state index in [0.717, 1.165) is 43.9 Å². The summed E-state index contributed by atoms with van der Waals surface area (Å²) in [5.74, 6) is 0. The highest BCUT2D eigenvalue weighted by atomic mass is 35.5. The third-order valence-corrected chi connectivity index (χ3v) is 5.23. The molecule has 0 radical (unpaired) electrons. The van der Waals surface area contributed by atoms with Gasteiger partial charge in [-0.25, -0.2) is 4.98 Å². The highest BCUT2D eigenvalue weighted by Gasteiger charge is 2.21. The van der Waals surface area contributed by atoms with Crippen LogP contribution in [0.25, 0.3) is 0 Å². The van der Waals surface area contributed by atoms with Gasteiger partial charge in [-0.15, -0.1) is 0 Å². The summed E-state index contributed by atoms with van der Waals surface area (Å²) in [6, 6.07) is 18.3. The van der Waals surface area contributed by atoms with Crippen LogP contribution in [0.1, 0.15) is 22.5 Å². The molecule has 0 unspecified atom stereocenters. The molecule has 0 N–H and O–H groups in total. The van der Waals surface area contributed by atoms with Gasteiger partial charge in [0.15, 0.2) is 0 Å². The lowest BCUT2D eigenvalue weighted by Crippen LogP contribution is -2.31. The topological polar surface area (TPSA) is 44.9 Å². The first-order chi connectivity index (χ1) is 12.7. The van der Waals surface area contributed by atoms with Crippen LogP contribution in [0.3, 0.4) is 0 Å². The predicted molar refractivity (Wildman–Crippen MR) is 103 cm³/mol. The summed E-state index contributed by atoms with van der Waals surface area (Å²) < 4.78 is 2.28. The Balaban J connectivity index is 1.48. The number of nitrogens with zero attached hydrogens (tertiary/aromatic N) is 4. The number of aromatic nitrogens is 2. The molecule has 130 valence electrons. The van der Waals surface area contributed by atoms with E-state index in [0.29, 0.717) is 10.6 Å². The van der Waals surface area contributed by atoms with E-state index in [9.17, 15) is 0 Å². The highest BCUT2D eigenvalue weighted by molar-refractivity contribution is 6.32. The molecule has 5 heteroatoms. The summed E-state index contributed by atoms with van der Waals surface area (Å²) in [7, 11) is 0. The molecule has 0 aliphatic carbocycles. The molecule has 0 atom stereocenters. The zero-order valence-corrected chi connectivity index (χ0v) is 15.2. The van der Waals surface area contributed by atoms with E-state index in [1.807, 2.05) is 24.5 Å². The van der Waals surface area contributed by atoms with E-state index in [2.05, 4.69) is 44.8 Å². The van der Waals surface area contributed by atoms with Crippen molar-refractivity contribution in [3.8, 4) is 6.07 Å². The molecule has 0 fully saturated rings. The Hall–Kier alpha value is -2.77. The molecule has 1 aliphatic rings. The Morgan fingerprint density at radius 3 is 2.77 bits per heavy atom. The van der Waals surface area contributed by atoms with Gasteiger partial charge >= 0.3 is 0 Å². The average molecular weight is 363 g/mol. The monoisotopic (exact) mass is 362 g/mol. The maximum Gasteiger partial charge on any atom is 0.101 e. The Labute approximate surface area is 158 Å². The number of anilines is 1. The number of fused-ring (bicyclic) bond motifs is 1. The van der Waals surface area contributed by atoms with E-state index in [4.69, 9.17) is 16.9 Å². The summed E-state index contributed by atoms with van der Waals surface area (Å²) in [5.41, 5.74) is 5.36. The number of imidazole rings is 1. The first-order valence-electron chi connectivity index (χ1n) is 8.76. The van der Waals surface area contributed by atoms with Crippen molar-refractivity contribution < 1.29 is 0 Å². The van der Waals surface area contributed by atoms with Gasteiger partial charge in [0.2, 0.25) is 0 Å². The minimum atomic E-state index is 0.504. The van der Waals surface area contributed by atoms with E-state index < -0.39 is 0 Å². The molecule has 0 bridgehead atoms. The van der Waals surface area contributed by atoms with Crippen LogP contribution in [-0.2, 0) is 25.9 Å². The number of hydrogen-bond donors (Lipinski definition) is 0. The van der Waals surface area contributed by atoms with Gasteiger partial charge in [0.25, 0.3) is 0 Å². The molecule has 0 saturated carbocycles. The summed E-state index contributed by atoms with van der Waals surface area (Å²) in [5, 5.41) is 9.53. The molecule has 2 heterocycles. The molecule has 1 aliphatic heterocycles. The maximum atomic E-state index is 9.02. The van der Waals surface area contributed by atoms with E-state index in [-0.39, 0.29) is 0 Å². The molecule has 4 nitrogen and oxygen atoms in total. The molecule has 4 rings (SSSR count). The second kappa shape index (κ2) is 7.23. The molecule has 0 amide bonds. The average Bonchev–Trinajstić information content (AvgIpc) is 3.09. The van der Waals surface area contributed by atoms with Crippen molar-refractivity contribution in [1.82, 2.24) is 9.55 Å². The molecule has 2 aromatic carbocycles. The van der Waals surface area contributed by atoms with Crippen molar-refractivity contribution >= 4 is 17.3 Å². The lowest BCUT2D eigenvalue weighted by Gasteiger charge is -2.29. The lowest BCUT2D eigenvalue weighted by atomic mass is 10.1. The van der Waals surface area contributed by atoms with Gasteiger partial charge in [-0.3, -0.25) is 0 Å². The Morgan fingerprint density at radius 2 is 2.00 bits per heavy atom. The van der Waals surface area contributed by atoms with Crippen molar-refractivity contribution in [2.75, 3.05) is 11.4 Å². The zero-order chi connectivity index (χ0) is 17.9. The molecular weight excluding hydrogens is 344 g/mol. The summed E-state index contributed by atoms with van der Waals surface area (Å²) in [6.07, 6.45) is 3.93. The smallest absolute Gasteiger partial charge is 0.101 e. The molecule has 1 aromatic heterocycles. The summed E-state index contributed by atoms with van der Waals surface area (Å²) in [6.45, 7) is 2.65. The van der Waals surface area contributed by atoms with Gasteiger partial charge in [0.1, 0.15) is 6.07 Å². The molecule has 0 spiro atoms. The van der Waals surface area contributed by atoms with Crippen molar-refractivity contribution in [3.63, 3.8) is 0 Å². The Morgan fingerprint density at radius 1 is 1.15 bits per heavy atom. The zero-order valence-electron chi connectivity index (χ0n) is 14.4. The fourth-order valence-corrected chi connectivity index (χ4v) is 3.69. The number of halogens is 1. The Kier molecular flexibility index (Phi) is 4.64. The fraction of sp³-hybridized carbons (Fsp3) is 0.238. The molecule has 26 heavy (non-hydrogen) atoms. The number of nitriles is 1. The van der Waals surface area contributed by atoms with Crippen molar-refractivity contribution in [3.05, 3.63) is 82.4 Å². The largest absolute Gasteiger partial charge is 0.365 e. The van der Waals surface area contributed by atoms with E-state index >= 15 is 0 Å². The Bertz CT molecular complexity index is 956. The number of hydrogen-bond acceptors (Lipinski definition) is 3. The standard InChI is InChI=1S/C21H19ClN4/c22-19-12-18(7-6-17(19)13-23)25-11-9-21-20(14-25)24-15-26(21)10-8-16-4-2-1-3-5-16/h1-7,12,15H,8-11,14H2.